The van der Waals surface area contributed by atoms with Crippen LogP contribution in [0.15, 0.2) is 59.5 Å². The average Bonchev–Trinajstić information content (AvgIpc) is 2.77. The molecule has 0 radical (unpaired) electrons. The maximum Gasteiger partial charge on any atom is 0.330 e. The quantitative estimate of drug-likeness (QED) is 0.360. The third kappa shape index (κ3) is 5.88. The van der Waals surface area contributed by atoms with Gasteiger partial charge in [-0.25, -0.2) is 17.6 Å². The summed E-state index contributed by atoms with van der Waals surface area (Å²) in [6.07, 6.45) is 2.75. The molecule has 0 atom stereocenters. The Hall–Kier alpha value is -2.75. The number of sulfonamides is 1. The molecule has 9 heteroatoms. The van der Waals surface area contributed by atoms with Crippen molar-refractivity contribution in [3.63, 3.8) is 0 Å². The van der Waals surface area contributed by atoms with Gasteiger partial charge in [0.15, 0.2) is 11.6 Å². The Labute approximate surface area is 174 Å². The second-order valence-electron chi connectivity index (χ2n) is 6.37. The predicted molar refractivity (Wildman–Crippen MR) is 108 cm³/mol. The van der Waals surface area contributed by atoms with Gasteiger partial charge < -0.3 is 14.2 Å². The Morgan fingerprint density at radius 2 is 1.77 bits per heavy atom. The van der Waals surface area contributed by atoms with Gasteiger partial charge >= 0.3 is 5.97 Å². The van der Waals surface area contributed by atoms with E-state index in [2.05, 4.69) is 0 Å². The summed E-state index contributed by atoms with van der Waals surface area (Å²) in [6, 6.07) is 12.2. The zero-order valence-electron chi connectivity index (χ0n) is 16.2. The molecule has 1 heterocycles. The number of rotatable bonds is 8. The van der Waals surface area contributed by atoms with Crippen molar-refractivity contribution >= 4 is 22.1 Å². The van der Waals surface area contributed by atoms with E-state index in [4.69, 9.17) is 14.2 Å². The lowest BCUT2D eigenvalue weighted by Gasteiger charge is -2.26. The molecule has 7 nitrogen and oxygen atoms in total. The molecular formula is C21H22FNO6S. The largest absolute Gasteiger partial charge is 0.487 e. The number of ether oxygens (including phenoxy) is 3. The van der Waals surface area contributed by atoms with E-state index in [0.717, 1.165) is 0 Å². The molecule has 2 aromatic carbocycles. The minimum absolute atomic E-state index is 0.0224. The molecule has 0 amide bonds. The van der Waals surface area contributed by atoms with Crippen molar-refractivity contribution in [1.82, 2.24) is 4.31 Å². The molecular weight excluding hydrogens is 413 g/mol. The average molecular weight is 435 g/mol. The Morgan fingerprint density at radius 3 is 2.47 bits per heavy atom. The van der Waals surface area contributed by atoms with Gasteiger partial charge in [0.25, 0.3) is 0 Å². The maximum atomic E-state index is 13.4. The second kappa shape index (κ2) is 10.3. The van der Waals surface area contributed by atoms with Crippen molar-refractivity contribution < 1.29 is 31.8 Å². The van der Waals surface area contributed by atoms with Crippen molar-refractivity contribution in [2.45, 2.75) is 4.90 Å². The fraction of sp³-hybridized carbons (Fsp3) is 0.286. The fourth-order valence-corrected chi connectivity index (χ4v) is 4.16. The summed E-state index contributed by atoms with van der Waals surface area (Å²) in [5, 5.41) is 0. The first-order valence-electron chi connectivity index (χ1n) is 9.37. The molecule has 0 bridgehead atoms. The summed E-state index contributed by atoms with van der Waals surface area (Å²) in [4.78, 5) is 12.0. The number of benzene rings is 2. The van der Waals surface area contributed by atoms with Gasteiger partial charge in [-0.1, -0.05) is 24.3 Å². The lowest BCUT2D eigenvalue weighted by Crippen LogP contribution is -2.40. The van der Waals surface area contributed by atoms with Crippen LogP contribution in [-0.4, -0.2) is 58.2 Å². The summed E-state index contributed by atoms with van der Waals surface area (Å²) < 4.78 is 55.3. The molecule has 0 spiro atoms. The van der Waals surface area contributed by atoms with Crippen LogP contribution in [0.1, 0.15) is 5.56 Å². The summed E-state index contributed by atoms with van der Waals surface area (Å²) in [5.41, 5.74) is 0.649. The highest BCUT2D eigenvalue weighted by molar-refractivity contribution is 7.89. The zero-order valence-corrected chi connectivity index (χ0v) is 17.0. The third-order valence-corrected chi connectivity index (χ3v) is 6.23. The van der Waals surface area contributed by atoms with Gasteiger partial charge in [-0.05, 0) is 35.9 Å². The highest BCUT2D eigenvalue weighted by Crippen LogP contribution is 2.18. The molecule has 3 rings (SSSR count). The lowest BCUT2D eigenvalue weighted by atomic mass is 10.2. The summed E-state index contributed by atoms with van der Waals surface area (Å²) in [6.45, 7) is 1.41. The summed E-state index contributed by atoms with van der Waals surface area (Å²) in [5.74, 6) is -0.976. The van der Waals surface area contributed by atoms with Gasteiger partial charge in [0, 0.05) is 19.2 Å². The molecule has 2 aromatic rings. The van der Waals surface area contributed by atoms with Crippen molar-refractivity contribution in [2.75, 3.05) is 39.5 Å². The van der Waals surface area contributed by atoms with Gasteiger partial charge in [0.05, 0.1) is 18.1 Å². The standard InChI is InChI=1S/C21H22FNO6S/c22-19-3-1-2-4-20(19)28-15-16-29-21(24)10-7-17-5-8-18(9-6-17)30(25,26)23-11-13-27-14-12-23/h1-10H,11-16H2/b10-7+. The smallest absolute Gasteiger partial charge is 0.330 e. The molecule has 0 aliphatic carbocycles. The monoisotopic (exact) mass is 435 g/mol. The number of carbonyl (C=O) groups is 1. The van der Waals surface area contributed by atoms with Crippen LogP contribution in [-0.2, 0) is 24.3 Å². The number of hydrogen-bond donors (Lipinski definition) is 0. The molecule has 0 N–H and O–H groups in total. The minimum Gasteiger partial charge on any atom is -0.487 e. The van der Waals surface area contributed by atoms with Gasteiger partial charge in [0.2, 0.25) is 10.0 Å². The molecule has 0 aromatic heterocycles. The highest BCUT2D eigenvalue weighted by Gasteiger charge is 2.25. The molecule has 1 fully saturated rings. The lowest BCUT2D eigenvalue weighted by molar-refractivity contribution is -0.138. The third-order valence-electron chi connectivity index (χ3n) is 4.32. The van der Waals surface area contributed by atoms with Crippen molar-refractivity contribution in [2.24, 2.45) is 0 Å². The Bertz CT molecular complexity index is 985. The molecule has 0 saturated carbocycles. The topological polar surface area (TPSA) is 82.1 Å². The Morgan fingerprint density at radius 1 is 1.07 bits per heavy atom. The van der Waals surface area contributed by atoms with E-state index < -0.39 is 21.8 Å². The number of morpholine rings is 1. The van der Waals surface area contributed by atoms with Gasteiger partial charge in [-0.2, -0.15) is 4.31 Å². The zero-order chi connectivity index (χ0) is 21.4. The van der Waals surface area contributed by atoms with Gasteiger partial charge in [0.1, 0.15) is 13.2 Å². The number of para-hydroxylation sites is 1. The van der Waals surface area contributed by atoms with E-state index in [1.807, 2.05) is 0 Å². The van der Waals surface area contributed by atoms with Gasteiger partial charge in [-0.3, -0.25) is 0 Å². The fourth-order valence-electron chi connectivity index (χ4n) is 2.75. The Kier molecular flexibility index (Phi) is 7.56. The molecule has 160 valence electrons. The number of halogens is 1. The van der Waals surface area contributed by atoms with E-state index in [1.165, 1.54) is 40.7 Å². The van der Waals surface area contributed by atoms with E-state index in [9.17, 15) is 17.6 Å². The van der Waals surface area contributed by atoms with E-state index in [-0.39, 0.29) is 23.9 Å². The SMILES string of the molecule is O=C(/C=C/c1ccc(S(=O)(=O)N2CCOCC2)cc1)OCCOc1ccccc1F. The first kappa shape index (κ1) is 21.9. The number of carbonyl (C=O) groups excluding carboxylic acids is 1. The van der Waals surface area contributed by atoms with E-state index in [1.54, 1.807) is 24.3 Å². The number of nitrogens with zero attached hydrogens (tertiary/aromatic N) is 1. The van der Waals surface area contributed by atoms with Crippen LogP contribution in [0.25, 0.3) is 6.08 Å². The minimum atomic E-state index is -3.55. The van der Waals surface area contributed by atoms with Crippen molar-refractivity contribution in [3.05, 3.63) is 66.0 Å². The summed E-state index contributed by atoms with van der Waals surface area (Å²) in [7, 11) is -3.55. The molecule has 30 heavy (non-hydrogen) atoms. The molecule has 1 aliphatic heterocycles. The predicted octanol–water partition coefficient (Wildman–Crippen LogP) is 2.48. The van der Waals surface area contributed by atoms with E-state index in [0.29, 0.717) is 31.9 Å². The Balaban J connectivity index is 1.47. The first-order chi connectivity index (χ1) is 14.5. The molecule has 1 saturated heterocycles. The van der Waals surface area contributed by atoms with Crippen LogP contribution in [0.3, 0.4) is 0 Å². The molecule has 1 aliphatic rings. The van der Waals surface area contributed by atoms with Gasteiger partial charge in [-0.15, -0.1) is 0 Å². The van der Waals surface area contributed by atoms with Crippen molar-refractivity contribution in [1.29, 1.82) is 0 Å². The van der Waals surface area contributed by atoms with Crippen LogP contribution in [0.4, 0.5) is 4.39 Å². The van der Waals surface area contributed by atoms with Crippen molar-refractivity contribution in [3.8, 4) is 5.75 Å². The molecule has 0 unspecified atom stereocenters. The van der Waals surface area contributed by atoms with Crippen LogP contribution in [0, 0.1) is 5.82 Å². The number of esters is 1. The second-order valence-corrected chi connectivity index (χ2v) is 8.30. The van der Waals surface area contributed by atoms with E-state index >= 15 is 0 Å². The highest BCUT2D eigenvalue weighted by atomic mass is 32.2. The maximum absolute atomic E-state index is 13.4. The first-order valence-corrected chi connectivity index (χ1v) is 10.8. The normalized spacial score (nSPS) is 15.2. The van der Waals surface area contributed by atoms with Crippen LogP contribution in [0.5, 0.6) is 5.75 Å². The van der Waals surface area contributed by atoms with Crippen LogP contribution >= 0.6 is 0 Å². The van der Waals surface area contributed by atoms with Crippen LogP contribution in [0.2, 0.25) is 0 Å². The van der Waals surface area contributed by atoms with Crippen LogP contribution < -0.4 is 4.74 Å². The number of hydrogen-bond acceptors (Lipinski definition) is 6. The summed E-state index contributed by atoms with van der Waals surface area (Å²) >= 11 is 0.